The summed E-state index contributed by atoms with van der Waals surface area (Å²) < 4.78 is 6.36. The molecule has 0 spiro atoms. The first-order valence-electron chi connectivity index (χ1n) is 9.63. The molecule has 4 nitrogen and oxygen atoms in total. The maximum Gasteiger partial charge on any atom is 0.250 e. The molecule has 3 N–H and O–H groups in total. The monoisotopic (exact) mass is 385 g/mol. The fourth-order valence-electron chi connectivity index (χ4n) is 3.23. The van der Waals surface area contributed by atoms with Gasteiger partial charge in [0.15, 0.2) is 11.5 Å². The third-order valence-electron chi connectivity index (χ3n) is 5.94. The molecule has 0 radical (unpaired) electrons. The van der Waals surface area contributed by atoms with Crippen LogP contribution in [-0.2, 0) is 12.8 Å². The van der Waals surface area contributed by atoms with Crippen molar-refractivity contribution >= 4 is 8.32 Å². The lowest BCUT2D eigenvalue weighted by molar-refractivity contribution is 0.398. The molecule has 2 aromatic carbocycles. The molecule has 1 atom stereocenters. The van der Waals surface area contributed by atoms with Crippen LogP contribution in [0.1, 0.15) is 43.5 Å². The van der Waals surface area contributed by atoms with Crippen molar-refractivity contribution in [1.82, 2.24) is 5.32 Å². The van der Waals surface area contributed by atoms with Crippen LogP contribution in [0, 0.1) is 0 Å². The molecule has 1 heterocycles. The minimum Gasteiger partial charge on any atom is -0.544 e. The second kappa shape index (κ2) is 7.21. The largest absolute Gasteiger partial charge is 0.544 e. The van der Waals surface area contributed by atoms with Crippen LogP contribution in [0.4, 0.5) is 0 Å². The number of nitrogens with one attached hydrogen (secondary N) is 1. The summed E-state index contributed by atoms with van der Waals surface area (Å²) >= 11 is 0. The molecule has 5 heteroatoms. The van der Waals surface area contributed by atoms with Gasteiger partial charge in [0.2, 0.25) is 8.32 Å². The topological polar surface area (TPSA) is 61.7 Å². The molecule has 0 aliphatic carbocycles. The standard InChI is InChI=1S/C22H31NO3Si/c1-22(2,3)27(4,5)26-17-8-6-15(7-9-17)12-19-18-14-21(25)20(24)13-16(18)10-11-23-19/h6-9,13-14,19,23-25H,10-12H2,1-5H3. The summed E-state index contributed by atoms with van der Waals surface area (Å²) in [6, 6.07) is 11.9. The number of hydrogen-bond acceptors (Lipinski definition) is 4. The van der Waals surface area contributed by atoms with E-state index in [4.69, 9.17) is 4.43 Å². The van der Waals surface area contributed by atoms with E-state index in [1.807, 2.05) is 0 Å². The Morgan fingerprint density at radius 2 is 1.70 bits per heavy atom. The maximum absolute atomic E-state index is 9.88. The molecule has 3 rings (SSSR count). The summed E-state index contributed by atoms with van der Waals surface area (Å²) in [4.78, 5) is 0. The number of phenolic OH excluding ortho intramolecular Hbond substituents is 2. The SMILES string of the molecule is CC(C)(C)[Si](C)(C)Oc1ccc(CC2NCCc3cc(O)c(O)cc32)cc1. The van der Waals surface area contributed by atoms with Crippen molar-refractivity contribution in [2.24, 2.45) is 0 Å². The second-order valence-electron chi connectivity index (χ2n) is 9.01. The van der Waals surface area contributed by atoms with Crippen molar-refractivity contribution in [3.63, 3.8) is 0 Å². The van der Waals surface area contributed by atoms with E-state index in [0.717, 1.165) is 36.3 Å². The Morgan fingerprint density at radius 3 is 2.33 bits per heavy atom. The van der Waals surface area contributed by atoms with E-state index in [2.05, 4.69) is 63.4 Å². The molecule has 0 amide bonds. The van der Waals surface area contributed by atoms with Crippen molar-refractivity contribution in [3.05, 3.63) is 53.1 Å². The Labute approximate surface area is 163 Å². The molecular weight excluding hydrogens is 354 g/mol. The lowest BCUT2D eigenvalue weighted by Crippen LogP contribution is -2.43. The maximum atomic E-state index is 9.88. The molecular formula is C22H31NO3Si. The van der Waals surface area contributed by atoms with Crippen LogP contribution in [-0.4, -0.2) is 25.1 Å². The number of fused-ring (bicyclic) bond motifs is 1. The van der Waals surface area contributed by atoms with Gasteiger partial charge in [0.25, 0.3) is 0 Å². The molecule has 146 valence electrons. The Morgan fingerprint density at radius 1 is 1.07 bits per heavy atom. The number of phenols is 2. The Hall–Kier alpha value is -1.98. The van der Waals surface area contributed by atoms with Gasteiger partial charge in [-0.3, -0.25) is 0 Å². The first-order valence-corrected chi connectivity index (χ1v) is 12.5. The highest BCUT2D eigenvalue weighted by molar-refractivity contribution is 6.74. The molecule has 27 heavy (non-hydrogen) atoms. The third-order valence-corrected chi connectivity index (χ3v) is 10.3. The summed E-state index contributed by atoms with van der Waals surface area (Å²) in [6.45, 7) is 12.1. The molecule has 1 unspecified atom stereocenters. The second-order valence-corrected chi connectivity index (χ2v) is 13.7. The van der Waals surface area contributed by atoms with Crippen LogP contribution in [0.5, 0.6) is 17.2 Å². The molecule has 0 bridgehead atoms. The van der Waals surface area contributed by atoms with Gasteiger partial charge >= 0.3 is 0 Å². The molecule has 1 aliphatic rings. The van der Waals surface area contributed by atoms with Gasteiger partial charge in [-0.25, -0.2) is 0 Å². The first-order chi connectivity index (χ1) is 12.6. The quantitative estimate of drug-likeness (QED) is 0.517. The van der Waals surface area contributed by atoms with E-state index in [1.165, 1.54) is 5.56 Å². The minimum atomic E-state index is -1.83. The van der Waals surface area contributed by atoms with Crippen LogP contribution in [0.3, 0.4) is 0 Å². The lowest BCUT2D eigenvalue weighted by Gasteiger charge is -2.36. The molecule has 0 aromatic heterocycles. The highest BCUT2D eigenvalue weighted by atomic mass is 28.4. The van der Waals surface area contributed by atoms with Crippen molar-refractivity contribution in [2.45, 2.75) is 57.8 Å². The average Bonchev–Trinajstić information content (AvgIpc) is 2.57. The molecule has 0 saturated heterocycles. The predicted molar refractivity (Wildman–Crippen MR) is 112 cm³/mol. The lowest BCUT2D eigenvalue weighted by atomic mass is 9.90. The molecule has 0 saturated carbocycles. The van der Waals surface area contributed by atoms with E-state index in [1.54, 1.807) is 12.1 Å². The van der Waals surface area contributed by atoms with Gasteiger partial charge in [-0.2, -0.15) is 0 Å². The zero-order valence-corrected chi connectivity index (χ0v) is 18.0. The zero-order chi connectivity index (χ0) is 19.8. The highest BCUT2D eigenvalue weighted by Crippen LogP contribution is 2.38. The Bertz CT molecular complexity index is 810. The van der Waals surface area contributed by atoms with Crippen LogP contribution >= 0.6 is 0 Å². The normalized spacial score (nSPS) is 17.4. The molecule has 1 aliphatic heterocycles. The summed E-state index contributed by atoms with van der Waals surface area (Å²) in [5, 5.41) is 23.3. The summed E-state index contributed by atoms with van der Waals surface area (Å²) in [7, 11) is -1.83. The van der Waals surface area contributed by atoms with Crippen molar-refractivity contribution < 1.29 is 14.6 Å². The van der Waals surface area contributed by atoms with Gasteiger partial charge in [-0.05, 0) is 78.5 Å². The van der Waals surface area contributed by atoms with Crippen molar-refractivity contribution in [3.8, 4) is 17.2 Å². The van der Waals surface area contributed by atoms with Gasteiger partial charge in [0, 0.05) is 6.04 Å². The third kappa shape index (κ3) is 4.30. The molecule has 2 aromatic rings. The summed E-state index contributed by atoms with van der Waals surface area (Å²) in [6.07, 6.45) is 1.69. The number of rotatable bonds is 4. The smallest absolute Gasteiger partial charge is 0.250 e. The van der Waals surface area contributed by atoms with Gasteiger partial charge < -0.3 is 20.0 Å². The van der Waals surface area contributed by atoms with Crippen molar-refractivity contribution in [2.75, 3.05) is 6.54 Å². The average molecular weight is 386 g/mol. The van der Waals surface area contributed by atoms with Crippen LogP contribution in [0.2, 0.25) is 18.1 Å². The van der Waals surface area contributed by atoms with Gasteiger partial charge in [-0.1, -0.05) is 32.9 Å². The van der Waals surface area contributed by atoms with Crippen LogP contribution < -0.4 is 9.74 Å². The fraction of sp³-hybridized carbons (Fsp3) is 0.455. The Balaban J connectivity index is 1.74. The number of hydrogen-bond donors (Lipinski definition) is 3. The molecule has 0 fully saturated rings. The van der Waals surface area contributed by atoms with E-state index in [-0.39, 0.29) is 22.6 Å². The minimum absolute atomic E-state index is 0.0402. The van der Waals surface area contributed by atoms with E-state index >= 15 is 0 Å². The summed E-state index contributed by atoms with van der Waals surface area (Å²) in [5.74, 6) is 0.840. The predicted octanol–water partition coefficient (Wildman–Crippen LogP) is 4.91. The summed E-state index contributed by atoms with van der Waals surface area (Å²) in [5.41, 5.74) is 3.39. The fourth-order valence-corrected chi connectivity index (χ4v) is 4.26. The van der Waals surface area contributed by atoms with E-state index in [0.29, 0.717) is 0 Å². The van der Waals surface area contributed by atoms with E-state index in [9.17, 15) is 10.2 Å². The highest BCUT2D eigenvalue weighted by Gasteiger charge is 2.38. The van der Waals surface area contributed by atoms with Crippen molar-refractivity contribution in [1.29, 1.82) is 0 Å². The number of aromatic hydroxyl groups is 2. The van der Waals surface area contributed by atoms with Crippen LogP contribution in [0.15, 0.2) is 36.4 Å². The Kier molecular flexibility index (Phi) is 5.28. The first kappa shape index (κ1) is 19.8. The van der Waals surface area contributed by atoms with Gasteiger partial charge in [-0.15, -0.1) is 0 Å². The zero-order valence-electron chi connectivity index (χ0n) is 17.0. The van der Waals surface area contributed by atoms with Gasteiger partial charge in [0.05, 0.1) is 0 Å². The number of benzene rings is 2. The van der Waals surface area contributed by atoms with E-state index < -0.39 is 8.32 Å². The van der Waals surface area contributed by atoms with Crippen LogP contribution in [0.25, 0.3) is 0 Å². The van der Waals surface area contributed by atoms with Gasteiger partial charge in [0.1, 0.15) is 5.75 Å².